The Bertz CT molecular complexity index is 385. The Morgan fingerprint density at radius 2 is 2.59 bits per heavy atom. The first-order chi connectivity index (χ1) is 8.28. The number of nitrogens with one attached hydrogen (secondary N) is 1. The summed E-state index contributed by atoms with van der Waals surface area (Å²) in [5.74, 6) is 1.93. The van der Waals surface area contributed by atoms with Crippen LogP contribution in [0.5, 0.6) is 0 Å². The van der Waals surface area contributed by atoms with Crippen molar-refractivity contribution in [2.45, 2.75) is 42.7 Å². The van der Waals surface area contributed by atoms with Gasteiger partial charge in [-0.05, 0) is 37.9 Å². The van der Waals surface area contributed by atoms with E-state index in [9.17, 15) is 5.26 Å². The lowest BCUT2D eigenvalue weighted by Crippen LogP contribution is -2.41. The Balaban J connectivity index is 1.83. The van der Waals surface area contributed by atoms with Gasteiger partial charge in [0.05, 0.1) is 18.1 Å². The van der Waals surface area contributed by atoms with Crippen molar-refractivity contribution in [2.24, 2.45) is 0 Å². The van der Waals surface area contributed by atoms with Crippen LogP contribution in [-0.2, 0) is 5.75 Å². The fourth-order valence-electron chi connectivity index (χ4n) is 2.38. The molecule has 2 unspecified atom stereocenters. The minimum absolute atomic E-state index is 0.282. The Morgan fingerprint density at radius 1 is 1.71 bits per heavy atom. The van der Waals surface area contributed by atoms with Crippen LogP contribution in [0.25, 0.3) is 0 Å². The summed E-state index contributed by atoms with van der Waals surface area (Å²) in [5.41, 5.74) is -0.282. The van der Waals surface area contributed by atoms with Crippen LogP contribution >= 0.6 is 11.8 Å². The van der Waals surface area contributed by atoms with Crippen LogP contribution < -0.4 is 5.32 Å². The van der Waals surface area contributed by atoms with E-state index in [2.05, 4.69) is 18.3 Å². The molecule has 1 aliphatic carbocycles. The molecule has 0 amide bonds. The molecule has 0 spiro atoms. The summed E-state index contributed by atoms with van der Waals surface area (Å²) < 4.78 is 5.32. The Hall–Kier alpha value is -0.920. The summed E-state index contributed by atoms with van der Waals surface area (Å²) >= 11 is 1.90. The van der Waals surface area contributed by atoms with Gasteiger partial charge in [0.1, 0.15) is 11.3 Å². The molecule has 0 aliphatic heterocycles. The molecule has 1 aliphatic rings. The fourth-order valence-corrected chi connectivity index (χ4v) is 3.63. The summed E-state index contributed by atoms with van der Waals surface area (Å²) in [6.07, 6.45) is 4.74. The molecule has 0 saturated heterocycles. The number of rotatable bonds is 5. The SMILES string of the molecule is CCNC1(C#N)CCC(SCc2ccco2)C1. The third-order valence-corrected chi connectivity index (χ3v) is 4.56. The molecular formula is C13H18N2OS. The minimum atomic E-state index is -0.282. The summed E-state index contributed by atoms with van der Waals surface area (Å²) in [4.78, 5) is 0. The van der Waals surface area contributed by atoms with E-state index < -0.39 is 0 Å². The van der Waals surface area contributed by atoms with E-state index in [1.807, 2.05) is 23.9 Å². The highest BCUT2D eigenvalue weighted by Crippen LogP contribution is 2.37. The largest absolute Gasteiger partial charge is 0.468 e. The first-order valence-corrected chi connectivity index (χ1v) is 7.13. The molecule has 0 aromatic carbocycles. The molecule has 3 nitrogen and oxygen atoms in total. The molecule has 92 valence electrons. The van der Waals surface area contributed by atoms with Crippen LogP contribution in [0.2, 0.25) is 0 Å². The minimum Gasteiger partial charge on any atom is -0.468 e. The van der Waals surface area contributed by atoms with Crippen molar-refractivity contribution >= 4 is 11.8 Å². The van der Waals surface area contributed by atoms with Gasteiger partial charge in [-0.3, -0.25) is 5.32 Å². The van der Waals surface area contributed by atoms with Crippen LogP contribution in [0.3, 0.4) is 0 Å². The molecule has 4 heteroatoms. The van der Waals surface area contributed by atoms with E-state index in [0.29, 0.717) is 5.25 Å². The second-order valence-corrected chi connectivity index (χ2v) is 5.77. The summed E-state index contributed by atoms with van der Waals surface area (Å²) in [5, 5.41) is 13.2. The van der Waals surface area contributed by atoms with Crippen molar-refractivity contribution in [1.82, 2.24) is 5.32 Å². The molecule has 1 N–H and O–H groups in total. The zero-order chi connectivity index (χ0) is 12.1. The number of hydrogen-bond acceptors (Lipinski definition) is 4. The lowest BCUT2D eigenvalue weighted by molar-refractivity contribution is 0.436. The molecule has 0 bridgehead atoms. The van der Waals surface area contributed by atoms with Gasteiger partial charge in [0.15, 0.2) is 0 Å². The van der Waals surface area contributed by atoms with E-state index >= 15 is 0 Å². The van der Waals surface area contributed by atoms with Crippen LogP contribution in [0.4, 0.5) is 0 Å². The van der Waals surface area contributed by atoms with Gasteiger partial charge in [-0.25, -0.2) is 0 Å². The third-order valence-electron chi connectivity index (χ3n) is 3.24. The van der Waals surface area contributed by atoms with Crippen molar-refractivity contribution in [3.63, 3.8) is 0 Å². The molecule has 2 atom stereocenters. The lowest BCUT2D eigenvalue weighted by atomic mass is 10.0. The Kier molecular flexibility index (Phi) is 4.14. The second kappa shape index (κ2) is 5.61. The number of nitrogens with zero attached hydrogens (tertiary/aromatic N) is 1. The molecule has 1 saturated carbocycles. The quantitative estimate of drug-likeness (QED) is 0.873. The topological polar surface area (TPSA) is 49.0 Å². The van der Waals surface area contributed by atoms with Gasteiger partial charge in [-0.2, -0.15) is 17.0 Å². The van der Waals surface area contributed by atoms with E-state index in [4.69, 9.17) is 4.42 Å². The molecular weight excluding hydrogens is 232 g/mol. The van der Waals surface area contributed by atoms with E-state index in [0.717, 1.165) is 37.3 Å². The Labute approximate surface area is 107 Å². The maximum Gasteiger partial charge on any atom is 0.113 e. The smallest absolute Gasteiger partial charge is 0.113 e. The highest BCUT2D eigenvalue weighted by atomic mass is 32.2. The Morgan fingerprint density at radius 3 is 3.24 bits per heavy atom. The average Bonchev–Trinajstić information content (AvgIpc) is 2.96. The molecule has 17 heavy (non-hydrogen) atoms. The molecule has 2 rings (SSSR count). The number of nitriles is 1. The number of furan rings is 1. The van der Waals surface area contributed by atoms with Crippen LogP contribution in [0.15, 0.2) is 22.8 Å². The first kappa shape index (κ1) is 12.5. The highest BCUT2D eigenvalue weighted by molar-refractivity contribution is 7.99. The van der Waals surface area contributed by atoms with E-state index in [-0.39, 0.29) is 5.54 Å². The predicted octanol–water partition coefficient (Wildman–Crippen LogP) is 2.94. The van der Waals surface area contributed by atoms with E-state index in [1.165, 1.54) is 0 Å². The third kappa shape index (κ3) is 3.05. The lowest BCUT2D eigenvalue weighted by Gasteiger charge is -2.21. The summed E-state index contributed by atoms with van der Waals surface area (Å²) in [7, 11) is 0. The zero-order valence-electron chi connectivity index (χ0n) is 10.1. The van der Waals surface area contributed by atoms with Gasteiger partial charge in [0.2, 0.25) is 0 Å². The fraction of sp³-hybridized carbons (Fsp3) is 0.615. The second-order valence-electron chi connectivity index (χ2n) is 4.48. The molecule has 1 aromatic heterocycles. The van der Waals surface area contributed by atoms with Gasteiger partial charge < -0.3 is 4.42 Å². The maximum atomic E-state index is 9.28. The van der Waals surface area contributed by atoms with Crippen molar-refractivity contribution in [2.75, 3.05) is 6.54 Å². The highest BCUT2D eigenvalue weighted by Gasteiger charge is 2.38. The summed E-state index contributed by atoms with van der Waals surface area (Å²) in [6, 6.07) is 6.38. The standard InChI is InChI=1S/C13H18N2OS/c1-2-15-13(10-14)6-5-12(8-13)17-9-11-4-3-7-16-11/h3-4,7,12,15H,2,5-6,8-9H2,1H3. The molecule has 0 radical (unpaired) electrons. The number of thioether (sulfide) groups is 1. The summed E-state index contributed by atoms with van der Waals surface area (Å²) in [6.45, 7) is 2.92. The van der Waals surface area contributed by atoms with Gasteiger partial charge in [-0.1, -0.05) is 6.92 Å². The molecule has 1 aromatic rings. The normalized spacial score (nSPS) is 28.1. The van der Waals surface area contributed by atoms with Crippen molar-refractivity contribution in [3.05, 3.63) is 24.2 Å². The predicted molar refractivity (Wildman–Crippen MR) is 69.7 cm³/mol. The molecule has 1 fully saturated rings. The van der Waals surface area contributed by atoms with Gasteiger partial charge >= 0.3 is 0 Å². The zero-order valence-corrected chi connectivity index (χ0v) is 10.9. The van der Waals surface area contributed by atoms with Crippen molar-refractivity contribution in [1.29, 1.82) is 5.26 Å². The number of hydrogen-bond donors (Lipinski definition) is 1. The van der Waals surface area contributed by atoms with Gasteiger partial charge in [0, 0.05) is 5.25 Å². The van der Waals surface area contributed by atoms with Crippen LogP contribution in [-0.4, -0.2) is 17.3 Å². The average molecular weight is 250 g/mol. The van der Waals surface area contributed by atoms with Gasteiger partial charge in [0.25, 0.3) is 0 Å². The van der Waals surface area contributed by atoms with E-state index in [1.54, 1.807) is 6.26 Å². The first-order valence-electron chi connectivity index (χ1n) is 6.08. The monoisotopic (exact) mass is 250 g/mol. The van der Waals surface area contributed by atoms with Crippen molar-refractivity contribution in [3.8, 4) is 6.07 Å². The van der Waals surface area contributed by atoms with Crippen LogP contribution in [0, 0.1) is 11.3 Å². The maximum absolute atomic E-state index is 9.28. The van der Waals surface area contributed by atoms with Crippen molar-refractivity contribution < 1.29 is 4.42 Å². The molecule has 1 heterocycles. The van der Waals surface area contributed by atoms with Gasteiger partial charge in [-0.15, -0.1) is 0 Å². The van der Waals surface area contributed by atoms with Crippen LogP contribution in [0.1, 0.15) is 31.9 Å².